The third kappa shape index (κ3) is 6.23. The molecule has 0 aliphatic carbocycles. The van der Waals surface area contributed by atoms with Gasteiger partial charge in [0.1, 0.15) is 11.6 Å². The number of benzene rings is 2. The number of carbonyl (C=O) groups is 2. The van der Waals surface area contributed by atoms with Crippen LogP contribution < -0.4 is 10.6 Å². The molecule has 3 N–H and O–H groups in total. The normalized spacial score (nSPS) is 14.3. The minimum Gasteiger partial charge on any atom is -0.387 e. The Labute approximate surface area is 156 Å². The molecule has 0 aliphatic rings. The van der Waals surface area contributed by atoms with Crippen molar-refractivity contribution >= 4 is 11.8 Å². The predicted molar refractivity (Wildman–Crippen MR) is 96.7 cm³/mol. The first kappa shape index (κ1) is 20.7. The number of hydrogen-bond donors (Lipinski definition) is 3. The van der Waals surface area contributed by atoms with E-state index in [2.05, 4.69) is 10.6 Å². The van der Waals surface area contributed by atoms with Crippen LogP contribution in [0.5, 0.6) is 0 Å². The average molecular weight is 376 g/mol. The van der Waals surface area contributed by atoms with Gasteiger partial charge in [-0.3, -0.25) is 14.9 Å². The zero-order valence-electron chi connectivity index (χ0n) is 15.1. The molecular weight excluding hydrogens is 354 g/mol. The molecule has 5 nitrogen and oxygen atoms in total. The zero-order chi connectivity index (χ0) is 20.0. The summed E-state index contributed by atoms with van der Waals surface area (Å²) in [6, 6.07) is 10.6. The van der Waals surface area contributed by atoms with Gasteiger partial charge in [-0.05, 0) is 37.1 Å². The highest BCUT2D eigenvalue weighted by molar-refractivity contribution is 5.98. The lowest BCUT2D eigenvalue weighted by atomic mass is 10.0. The summed E-state index contributed by atoms with van der Waals surface area (Å²) in [5.41, 5.74) is 0.834. The van der Waals surface area contributed by atoms with Gasteiger partial charge in [0.2, 0.25) is 11.8 Å². The third-order valence-electron chi connectivity index (χ3n) is 4.07. The molecule has 0 aliphatic heterocycles. The number of nitrogens with one attached hydrogen (secondary N) is 2. The molecule has 2 aromatic carbocycles. The van der Waals surface area contributed by atoms with Crippen molar-refractivity contribution < 1.29 is 23.5 Å². The summed E-state index contributed by atoms with van der Waals surface area (Å²) < 4.78 is 26.3. The van der Waals surface area contributed by atoms with Gasteiger partial charge < -0.3 is 10.4 Å². The Morgan fingerprint density at radius 3 is 2.22 bits per heavy atom. The van der Waals surface area contributed by atoms with Crippen LogP contribution in [0.25, 0.3) is 0 Å². The standard InChI is InChI=1S/C20H22F2N2O3/c1-12(19(26)15-6-4-3-5-7-15)23-13(2)20(27)24-18(25)10-14-8-16(21)11-17(22)9-14/h3-9,11-13,19,23,26H,10H2,1-2H3,(H,24,25,27)/t12-,13+,19-/m1/s1. The lowest BCUT2D eigenvalue weighted by Crippen LogP contribution is -2.49. The summed E-state index contributed by atoms with van der Waals surface area (Å²) in [5, 5.41) is 15.4. The van der Waals surface area contributed by atoms with E-state index in [9.17, 15) is 23.5 Å². The van der Waals surface area contributed by atoms with Crippen molar-refractivity contribution in [2.45, 2.75) is 38.5 Å². The highest BCUT2D eigenvalue weighted by Gasteiger charge is 2.22. The van der Waals surface area contributed by atoms with Crippen LogP contribution in [0.15, 0.2) is 48.5 Å². The van der Waals surface area contributed by atoms with Crippen LogP contribution in [0.3, 0.4) is 0 Å². The molecule has 2 rings (SSSR count). The van der Waals surface area contributed by atoms with Gasteiger partial charge in [0.15, 0.2) is 0 Å². The number of imide groups is 1. The molecule has 0 saturated heterocycles. The van der Waals surface area contributed by atoms with Crippen LogP contribution in [0.4, 0.5) is 8.78 Å². The number of aliphatic hydroxyl groups is 1. The number of carbonyl (C=O) groups excluding carboxylic acids is 2. The second kappa shape index (κ2) is 9.34. The van der Waals surface area contributed by atoms with Gasteiger partial charge in [-0.15, -0.1) is 0 Å². The molecule has 144 valence electrons. The molecule has 0 bridgehead atoms. The Morgan fingerprint density at radius 1 is 1.04 bits per heavy atom. The number of halogens is 2. The summed E-state index contributed by atoms with van der Waals surface area (Å²) in [6.07, 6.45) is -1.15. The number of hydrogen-bond acceptors (Lipinski definition) is 4. The van der Waals surface area contributed by atoms with Gasteiger partial charge in [-0.25, -0.2) is 8.78 Å². The van der Waals surface area contributed by atoms with Gasteiger partial charge in [-0.1, -0.05) is 30.3 Å². The second-order valence-corrected chi connectivity index (χ2v) is 6.40. The molecule has 0 radical (unpaired) electrons. The van der Waals surface area contributed by atoms with Gasteiger partial charge in [0.25, 0.3) is 0 Å². The fourth-order valence-electron chi connectivity index (χ4n) is 2.69. The molecule has 2 amide bonds. The molecule has 7 heteroatoms. The zero-order valence-corrected chi connectivity index (χ0v) is 15.1. The van der Waals surface area contributed by atoms with Crippen molar-refractivity contribution in [3.05, 3.63) is 71.3 Å². The lowest BCUT2D eigenvalue weighted by molar-refractivity contribution is -0.131. The van der Waals surface area contributed by atoms with Crippen molar-refractivity contribution in [1.82, 2.24) is 10.6 Å². The molecule has 0 fully saturated rings. The van der Waals surface area contributed by atoms with Gasteiger partial charge in [0, 0.05) is 12.1 Å². The van der Waals surface area contributed by atoms with Crippen molar-refractivity contribution in [2.75, 3.05) is 0 Å². The Kier molecular flexibility index (Phi) is 7.15. The Morgan fingerprint density at radius 2 is 1.63 bits per heavy atom. The maximum absolute atomic E-state index is 13.2. The van der Waals surface area contributed by atoms with Crippen LogP contribution in [0, 0.1) is 11.6 Å². The second-order valence-electron chi connectivity index (χ2n) is 6.40. The summed E-state index contributed by atoms with van der Waals surface area (Å²) in [7, 11) is 0. The molecule has 0 aromatic heterocycles. The minimum atomic E-state index is -0.826. The highest BCUT2D eigenvalue weighted by atomic mass is 19.1. The minimum absolute atomic E-state index is 0.131. The fraction of sp³-hybridized carbons (Fsp3) is 0.300. The van der Waals surface area contributed by atoms with E-state index in [4.69, 9.17) is 0 Å². The summed E-state index contributed by atoms with van der Waals surface area (Å²) in [5.74, 6) is -2.84. The number of rotatable bonds is 7. The molecule has 0 saturated carbocycles. The predicted octanol–water partition coefficient (Wildman–Crippen LogP) is 2.25. The van der Waals surface area contributed by atoms with E-state index < -0.39 is 41.6 Å². The van der Waals surface area contributed by atoms with Gasteiger partial charge in [0.05, 0.1) is 18.6 Å². The average Bonchev–Trinajstić information content (AvgIpc) is 2.60. The summed E-state index contributed by atoms with van der Waals surface area (Å²) >= 11 is 0. The molecule has 0 heterocycles. The molecule has 3 atom stereocenters. The fourth-order valence-corrected chi connectivity index (χ4v) is 2.69. The smallest absolute Gasteiger partial charge is 0.243 e. The van der Waals surface area contributed by atoms with Crippen LogP contribution in [-0.4, -0.2) is 29.0 Å². The van der Waals surface area contributed by atoms with E-state index in [-0.39, 0.29) is 12.0 Å². The van der Waals surface area contributed by atoms with E-state index in [1.165, 1.54) is 0 Å². The lowest BCUT2D eigenvalue weighted by Gasteiger charge is -2.24. The molecule has 27 heavy (non-hydrogen) atoms. The quantitative estimate of drug-likeness (QED) is 0.693. The van der Waals surface area contributed by atoms with E-state index in [1.54, 1.807) is 38.1 Å². The van der Waals surface area contributed by atoms with Crippen molar-refractivity contribution in [3.8, 4) is 0 Å². The van der Waals surface area contributed by atoms with Crippen molar-refractivity contribution in [2.24, 2.45) is 0 Å². The first-order valence-corrected chi connectivity index (χ1v) is 8.54. The first-order valence-electron chi connectivity index (χ1n) is 8.54. The van der Waals surface area contributed by atoms with Crippen molar-refractivity contribution in [3.63, 3.8) is 0 Å². The largest absolute Gasteiger partial charge is 0.387 e. The first-order chi connectivity index (χ1) is 12.8. The Hall–Kier alpha value is -2.64. The van der Waals surface area contributed by atoms with Crippen LogP contribution >= 0.6 is 0 Å². The van der Waals surface area contributed by atoms with Crippen LogP contribution in [0.1, 0.15) is 31.1 Å². The molecule has 0 unspecified atom stereocenters. The number of aliphatic hydroxyl groups excluding tert-OH is 1. The van der Waals surface area contributed by atoms with E-state index in [0.29, 0.717) is 11.6 Å². The Balaban J connectivity index is 1.88. The van der Waals surface area contributed by atoms with E-state index in [0.717, 1.165) is 12.1 Å². The molecule has 2 aromatic rings. The van der Waals surface area contributed by atoms with Crippen LogP contribution in [-0.2, 0) is 16.0 Å². The summed E-state index contributed by atoms with van der Waals surface area (Å²) in [6.45, 7) is 3.28. The molecule has 0 spiro atoms. The highest BCUT2D eigenvalue weighted by Crippen LogP contribution is 2.16. The maximum atomic E-state index is 13.2. The van der Waals surface area contributed by atoms with Gasteiger partial charge in [-0.2, -0.15) is 0 Å². The monoisotopic (exact) mass is 376 g/mol. The summed E-state index contributed by atoms with van der Waals surface area (Å²) in [4.78, 5) is 24.1. The SMILES string of the molecule is C[C@H](N[C@H](C)[C@@H](O)c1ccccc1)C(=O)NC(=O)Cc1cc(F)cc(F)c1. The third-order valence-corrected chi connectivity index (χ3v) is 4.07. The maximum Gasteiger partial charge on any atom is 0.243 e. The van der Waals surface area contributed by atoms with E-state index >= 15 is 0 Å². The van der Waals surface area contributed by atoms with Crippen LogP contribution in [0.2, 0.25) is 0 Å². The molecular formula is C20H22F2N2O3. The Bertz CT molecular complexity index is 779. The topological polar surface area (TPSA) is 78.4 Å². The number of amides is 2. The van der Waals surface area contributed by atoms with E-state index in [1.807, 2.05) is 6.07 Å². The van der Waals surface area contributed by atoms with Crippen molar-refractivity contribution in [1.29, 1.82) is 0 Å². The van der Waals surface area contributed by atoms with Gasteiger partial charge >= 0.3 is 0 Å².